The number of nitrogens with one attached hydrogen (secondary N) is 1. The van der Waals surface area contributed by atoms with E-state index in [1.807, 2.05) is 0 Å². The Morgan fingerprint density at radius 3 is 2.81 bits per heavy atom. The lowest BCUT2D eigenvalue weighted by Gasteiger charge is -2.14. The highest BCUT2D eigenvalue weighted by Gasteiger charge is 2.37. The summed E-state index contributed by atoms with van der Waals surface area (Å²) >= 11 is 0. The van der Waals surface area contributed by atoms with Crippen molar-refractivity contribution in [2.45, 2.75) is 31.7 Å². The fraction of sp³-hybridized carbons (Fsp3) is 0.545. The van der Waals surface area contributed by atoms with E-state index in [0.717, 1.165) is 40.9 Å². The van der Waals surface area contributed by atoms with Crippen LogP contribution in [0.15, 0.2) is 0 Å². The second-order valence-electron chi connectivity index (χ2n) is 4.51. The number of fused-ring (bicyclic) bond motifs is 1. The van der Waals surface area contributed by atoms with Gasteiger partial charge < -0.3 is 15.6 Å². The molecule has 0 atom stereocenters. The van der Waals surface area contributed by atoms with Crippen LogP contribution in [0.3, 0.4) is 0 Å². The molecule has 16 heavy (non-hydrogen) atoms. The van der Waals surface area contributed by atoms with Gasteiger partial charge in [-0.1, -0.05) is 0 Å². The lowest BCUT2D eigenvalue weighted by Crippen LogP contribution is -2.24. The molecule has 0 saturated heterocycles. The van der Waals surface area contributed by atoms with Crippen molar-refractivity contribution in [3.63, 3.8) is 0 Å². The standard InChI is InChI=1S/C11H14N2O3/c14-11(15)10-9(6-1-2-6)7-5-12-4-3-8(7)13(10)16/h6,12,16H,1-5H2,(H,14,15). The molecule has 1 aliphatic carbocycles. The minimum Gasteiger partial charge on any atom is -0.476 e. The molecule has 1 aliphatic heterocycles. The molecule has 5 nitrogen and oxygen atoms in total. The molecule has 2 heterocycles. The summed E-state index contributed by atoms with van der Waals surface area (Å²) in [5, 5.41) is 22.3. The van der Waals surface area contributed by atoms with E-state index in [-0.39, 0.29) is 5.69 Å². The van der Waals surface area contributed by atoms with Crippen LogP contribution in [0, 0.1) is 0 Å². The molecule has 1 saturated carbocycles. The summed E-state index contributed by atoms with van der Waals surface area (Å²) in [6.07, 6.45) is 2.77. The zero-order valence-corrected chi connectivity index (χ0v) is 8.86. The van der Waals surface area contributed by atoms with Gasteiger partial charge in [0.05, 0.1) is 5.69 Å². The van der Waals surface area contributed by atoms with Crippen LogP contribution in [0.5, 0.6) is 0 Å². The Balaban J connectivity index is 2.22. The molecule has 0 aromatic carbocycles. The van der Waals surface area contributed by atoms with E-state index in [2.05, 4.69) is 5.32 Å². The number of rotatable bonds is 2. The molecular weight excluding hydrogens is 208 g/mol. The van der Waals surface area contributed by atoms with Crippen LogP contribution in [0.4, 0.5) is 0 Å². The maximum Gasteiger partial charge on any atom is 0.356 e. The summed E-state index contributed by atoms with van der Waals surface area (Å²) in [4.78, 5) is 11.2. The van der Waals surface area contributed by atoms with Crippen LogP contribution < -0.4 is 5.32 Å². The van der Waals surface area contributed by atoms with Crippen molar-refractivity contribution in [3.8, 4) is 0 Å². The Hall–Kier alpha value is -1.49. The number of aromatic nitrogens is 1. The molecule has 1 aromatic rings. The summed E-state index contributed by atoms with van der Waals surface area (Å²) in [5.74, 6) is -0.688. The first-order valence-electron chi connectivity index (χ1n) is 5.59. The lowest BCUT2D eigenvalue weighted by molar-refractivity contribution is 0.0638. The van der Waals surface area contributed by atoms with Crippen molar-refractivity contribution in [3.05, 3.63) is 22.5 Å². The molecule has 0 spiro atoms. The SMILES string of the molecule is O=C(O)c1c(C2CC2)c2c(n1O)CCNC2. The van der Waals surface area contributed by atoms with Gasteiger partial charge in [-0.2, -0.15) is 4.73 Å². The largest absolute Gasteiger partial charge is 0.476 e. The van der Waals surface area contributed by atoms with Gasteiger partial charge in [-0.3, -0.25) is 0 Å². The Labute approximate surface area is 92.6 Å². The number of hydrogen-bond donors (Lipinski definition) is 3. The van der Waals surface area contributed by atoms with Crippen molar-refractivity contribution in [2.75, 3.05) is 6.54 Å². The van der Waals surface area contributed by atoms with E-state index in [1.54, 1.807) is 0 Å². The van der Waals surface area contributed by atoms with Crippen LogP contribution >= 0.6 is 0 Å². The summed E-state index contributed by atoms with van der Waals surface area (Å²) in [7, 11) is 0. The van der Waals surface area contributed by atoms with Crippen molar-refractivity contribution in [1.82, 2.24) is 10.0 Å². The first-order chi connectivity index (χ1) is 7.70. The molecule has 0 unspecified atom stereocenters. The van der Waals surface area contributed by atoms with E-state index < -0.39 is 5.97 Å². The predicted octanol–water partition coefficient (Wildman–Crippen LogP) is 0.947. The van der Waals surface area contributed by atoms with Crippen molar-refractivity contribution >= 4 is 5.97 Å². The van der Waals surface area contributed by atoms with E-state index in [0.29, 0.717) is 18.9 Å². The molecule has 0 bridgehead atoms. The van der Waals surface area contributed by atoms with Crippen LogP contribution in [0.2, 0.25) is 0 Å². The molecule has 0 radical (unpaired) electrons. The van der Waals surface area contributed by atoms with E-state index in [9.17, 15) is 15.1 Å². The van der Waals surface area contributed by atoms with Gasteiger partial charge in [0.1, 0.15) is 0 Å². The van der Waals surface area contributed by atoms with Crippen molar-refractivity contribution in [1.29, 1.82) is 0 Å². The third-order valence-corrected chi connectivity index (χ3v) is 3.42. The second-order valence-corrected chi connectivity index (χ2v) is 4.51. The molecule has 0 amide bonds. The Kier molecular flexibility index (Phi) is 1.97. The minimum absolute atomic E-state index is 0.0798. The van der Waals surface area contributed by atoms with E-state index in [4.69, 9.17) is 0 Å². The zero-order chi connectivity index (χ0) is 11.3. The smallest absolute Gasteiger partial charge is 0.356 e. The fourth-order valence-electron chi connectivity index (χ4n) is 2.57. The van der Waals surface area contributed by atoms with Crippen molar-refractivity contribution < 1.29 is 15.1 Å². The van der Waals surface area contributed by atoms with Gasteiger partial charge in [0, 0.05) is 19.5 Å². The lowest BCUT2D eigenvalue weighted by atomic mass is 10.0. The molecular formula is C11H14N2O3. The first kappa shape index (κ1) is 9.72. The van der Waals surface area contributed by atoms with Crippen LogP contribution in [-0.4, -0.2) is 27.6 Å². The Bertz CT molecular complexity index is 460. The molecule has 1 fully saturated rings. The van der Waals surface area contributed by atoms with Crippen LogP contribution in [-0.2, 0) is 13.0 Å². The number of carboxylic acids is 1. The molecule has 1 aromatic heterocycles. The summed E-state index contributed by atoms with van der Waals surface area (Å²) in [5.41, 5.74) is 2.72. The number of hydrogen-bond acceptors (Lipinski definition) is 3. The van der Waals surface area contributed by atoms with Gasteiger partial charge in [-0.25, -0.2) is 4.79 Å². The van der Waals surface area contributed by atoms with Crippen molar-refractivity contribution in [2.24, 2.45) is 0 Å². The van der Waals surface area contributed by atoms with Crippen LogP contribution in [0.25, 0.3) is 0 Å². The average molecular weight is 222 g/mol. The monoisotopic (exact) mass is 222 g/mol. The van der Waals surface area contributed by atoms with Gasteiger partial charge in [-0.05, 0) is 29.9 Å². The van der Waals surface area contributed by atoms with Gasteiger partial charge in [0.2, 0.25) is 0 Å². The molecule has 86 valence electrons. The zero-order valence-electron chi connectivity index (χ0n) is 8.86. The highest BCUT2D eigenvalue weighted by molar-refractivity contribution is 5.89. The van der Waals surface area contributed by atoms with Gasteiger partial charge in [0.15, 0.2) is 5.69 Å². The molecule has 2 aliphatic rings. The molecule has 3 N–H and O–H groups in total. The minimum atomic E-state index is -1.03. The summed E-state index contributed by atoms with van der Waals surface area (Å²) < 4.78 is 0.895. The van der Waals surface area contributed by atoms with Gasteiger partial charge >= 0.3 is 5.97 Å². The van der Waals surface area contributed by atoms with E-state index in [1.165, 1.54) is 0 Å². The Morgan fingerprint density at radius 1 is 1.44 bits per heavy atom. The second kappa shape index (κ2) is 3.25. The maximum absolute atomic E-state index is 11.2. The number of aromatic carboxylic acids is 1. The highest BCUT2D eigenvalue weighted by atomic mass is 16.5. The molecule has 3 rings (SSSR count). The normalized spacial score (nSPS) is 19.5. The third-order valence-electron chi connectivity index (χ3n) is 3.42. The van der Waals surface area contributed by atoms with Gasteiger partial charge in [0.25, 0.3) is 0 Å². The molecule has 5 heteroatoms. The third kappa shape index (κ3) is 1.24. The number of carboxylic acid groups (broad SMARTS) is 1. The quantitative estimate of drug-likeness (QED) is 0.651. The highest BCUT2D eigenvalue weighted by Crippen LogP contribution is 2.45. The summed E-state index contributed by atoms with van der Waals surface area (Å²) in [6, 6.07) is 0. The van der Waals surface area contributed by atoms with E-state index >= 15 is 0 Å². The van der Waals surface area contributed by atoms with Gasteiger partial charge in [-0.15, -0.1) is 0 Å². The Morgan fingerprint density at radius 2 is 2.19 bits per heavy atom. The summed E-state index contributed by atoms with van der Waals surface area (Å²) in [6.45, 7) is 1.47. The number of carbonyl (C=O) groups is 1. The topological polar surface area (TPSA) is 74.5 Å². The maximum atomic E-state index is 11.2. The fourth-order valence-corrected chi connectivity index (χ4v) is 2.57. The first-order valence-corrected chi connectivity index (χ1v) is 5.59. The average Bonchev–Trinajstić information content (AvgIpc) is 3.05. The predicted molar refractivity (Wildman–Crippen MR) is 56.0 cm³/mol. The van der Waals surface area contributed by atoms with Crippen LogP contribution in [0.1, 0.15) is 46.1 Å². The number of nitrogens with zero attached hydrogens (tertiary/aromatic N) is 1.